The summed E-state index contributed by atoms with van der Waals surface area (Å²) in [6.07, 6.45) is 0.918. The van der Waals surface area contributed by atoms with Crippen molar-refractivity contribution in [2.75, 3.05) is 6.61 Å². The van der Waals surface area contributed by atoms with Gasteiger partial charge in [0.25, 0.3) is 0 Å². The molecule has 0 bridgehead atoms. The van der Waals surface area contributed by atoms with Gasteiger partial charge >= 0.3 is 18.9 Å². The molecular formula is C8H8LiNO5. The Morgan fingerprint density at radius 3 is 2.87 bits per heavy atom. The number of carboxylic acid groups (broad SMARTS) is 1. The third kappa shape index (κ3) is 1.76. The number of nitrogens with zero attached hydrogens (tertiary/aromatic N) is 1. The van der Waals surface area contributed by atoms with Gasteiger partial charge in [-0.1, -0.05) is 0 Å². The molecule has 2 rings (SSSR count). The number of rotatable bonds is 2. The van der Waals surface area contributed by atoms with E-state index in [4.69, 9.17) is 9.84 Å². The molecule has 2 saturated heterocycles. The summed E-state index contributed by atoms with van der Waals surface area (Å²) in [5, 5.41) is 19.3. The normalized spacial score (nSPS) is 30.3. The zero-order valence-corrected chi connectivity index (χ0v) is 8.17. The molecule has 0 unspecified atom stereocenters. The standard InChI is InChI=1S/C8H9NO5.Li/c10-2-1-4-7(8(12)13)9-5(11)3-6(9)14-4;/h1,6-7,10H,2-3H2,(H,12,13);/q;+1/p-1/b4-1+;/t6-,7-;/m1./s1. The quantitative estimate of drug-likeness (QED) is 0.359. The Morgan fingerprint density at radius 2 is 2.40 bits per heavy atom. The Balaban J connectivity index is 0.00000112. The Morgan fingerprint density at radius 1 is 1.73 bits per heavy atom. The van der Waals surface area contributed by atoms with E-state index in [1.54, 1.807) is 0 Å². The molecule has 0 aromatic rings. The van der Waals surface area contributed by atoms with E-state index in [1.807, 2.05) is 0 Å². The summed E-state index contributed by atoms with van der Waals surface area (Å²) in [5.74, 6) is -1.57. The second kappa shape index (κ2) is 4.27. The minimum atomic E-state index is -1.39. The van der Waals surface area contributed by atoms with Gasteiger partial charge in [0.15, 0.2) is 6.23 Å². The second-order valence-corrected chi connectivity index (χ2v) is 3.09. The van der Waals surface area contributed by atoms with Gasteiger partial charge in [-0.3, -0.25) is 9.69 Å². The maximum Gasteiger partial charge on any atom is 1.00 e. The molecule has 76 valence electrons. The first-order valence-electron chi connectivity index (χ1n) is 4.14. The number of aliphatic hydroxyl groups excluding tert-OH is 1. The zero-order valence-electron chi connectivity index (χ0n) is 8.17. The average molecular weight is 205 g/mol. The largest absolute Gasteiger partial charge is 1.00 e. The average Bonchev–Trinajstić information content (AvgIpc) is 2.39. The number of carboxylic acids is 1. The number of amides is 1. The number of carbonyl (C=O) groups is 2. The monoisotopic (exact) mass is 205 g/mol. The van der Waals surface area contributed by atoms with Crippen molar-refractivity contribution in [2.24, 2.45) is 0 Å². The molecule has 1 N–H and O–H groups in total. The molecule has 2 atom stereocenters. The molecule has 2 aliphatic rings. The zero-order chi connectivity index (χ0) is 10.3. The molecule has 6 nitrogen and oxygen atoms in total. The van der Waals surface area contributed by atoms with Crippen molar-refractivity contribution < 1.29 is 43.4 Å². The van der Waals surface area contributed by atoms with Gasteiger partial charge in [-0.15, -0.1) is 0 Å². The van der Waals surface area contributed by atoms with Crippen LogP contribution in [0.3, 0.4) is 0 Å². The predicted molar refractivity (Wildman–Crippen MR) is 40.3 cm³/mol. The van der Waals surface area contributed by atoms with E-state index in [9.17, 15) is 14.7 Å². The topological polar surface area (TPSA) is 89.9 Å². The fraction of sp³-hybridized carbons (Fsp3) is 0.500. The maximum atomic E-state index is 11.0. The van der Waals surface area contributed by atoms with Gasteiger partial charge < -0.3 is 19.7 Å². The van der Waals surface area contributed by atoms with E-state index in [1.165, 1.54) is 6.08 Å². The van der Waals surface area contributed by atoms with E-state index in [0.717, 1.165) is 4.90 Å². The van der Waals surface area contributed by atoms with Crippen LogP contribution in [-0.4, -0.2) is 40.8 Å². The Bertz CT molecular complexity index is 329. The van der Waals surface area contributed by atoms with E-state index < -0.39 is 18.2 Å². The van der Waals surface area contributed by atoms with Crippen LogP contribution in [0.15, 0.2) is 11.8 Å². The van der Waals surface area contributed by atoms with E-state index in [2.05, 4.69) is 0 Å². The Kier molecular flexibility index (Phi) is 3.45. The van der Waals surface area contributed by atoms with Crippen LogP contribution in [0.1, 0.15) is 6.42 Å². The third-order valence-corrected chi connectivity index (χ3v) is 2.28. The van der Waals surface area contributed by atoms with Gasteiger partial charge in [-0.25, -0.2) is 0 Å². The fourth-order valence-electron chi connectivity index (χ4n) is 1.65. The summed E-state index contributed by atoms with van der Waals surface area (Å²) < 4.78 is 5.13. The summed E-state index contributed by atoms with van der Waals surface area (Å²) in [6, 6.07) is -1.17. The van der Waals surface area contributed by atoms with Crippen LogP contribution in [0.2, 0.25) is 0 Å². The molecule has 0 saturated carbocycles. The Hall–Kier alpha value is -0.963. The molecule has 0 aromatic carbocycles. The molecule has 0 radical (unpaired) electrons. The molecule has 2 aliphatic heterocycles. The number of ether oxygens (including phenoxy) is 1. The summed E-state index contributed by atoms with van der Waals surface area (Å²) >= 11 is 0. The minimum absolute atomic E-state index is 0. The van der Waals surface area contributed by atoms with Gasteiger partial charge in [-0.2, -0.15) is 0 Å². The first kappa shape index (κ1) is 12.1. The van der Waals surface area contributed by atoms with Crippen LogP contribution in [0.4, 0.5) is 0 Å². The minimum Gasteiger partial charge on any atom is -0.547 e. The maximum absolute atomic E-state index is 11.0. The first-order valence-corrected chi connectivity index (χ1v) is 4.14. The number of fused-ring (bicyclic) bond motifs is 1. The predicted octanol–water partition coefficient (Wildman–Crippen LogP) is -5.43. The SMILES string of the molecule is O=C([O-])[C@H]1/C(=C\CO)O[C@@H]2CC(=O)N21.[Li+]. The third-order valence-electron chi connectivity index (χ3n) is 2.28. The van der Waals surface area contributed by atoms with Crippen LogP contribution in [0.5, 0.6) is 0 Å². The van der Waals surface area contributed by atoms with E-state index in [-0.39, 0.29) is 43.6 Å². The molecule has 7 heteroatoms. The van der Waals surface area contributed by atoms with E-state index in [0.29, 0.717) is 0 Å². The molecule has 15 heavy (non-hydrogen) atoms. The van der Waals surface area contributed by atoms with Crippen LogP contribution in [0.25, 0.3) is 0 Å². The van der Waals surface area contributed by atoms with Gasteiger partial charge in [-0.05, 0) is 6.08 Å². The number of aliphatic carboxylic acids is 1. The van der Waals surface area contributed by atoms with Crippen LogP contribution < -0.4 is 24.0 Å². The summed E-state index contributed by atoms with van der Waals surface area (Å²) in [6.45, 7) is -0.326. The molecule has 0 aromatic heterocycles. The van der Waals surface area contributed by atoms with Crippen molar-refractivity contribution in [3.05, 3.63) is 11.8 Å². The van der Waals surface area contributed by atoms with E-state index >= 15 is 0 Å². The van der Waals surface area contributed by atoms with Crippen molar-refractivity contribution in [3.8, 4) is 0 Å². The van der Waals surface area contributed by atoms with Crippen LogP contribution in [-0.2, 0) is 14.3 Å². The number of hydrogen-bond donors (Lipinski definition) is 1. The van der Waals surface area contributed by atoms with Gasteiger partial charge in [0, 0.05) is 0 Å². The molecule has 2 fully saturated rings. The molecule has 0 spiro atoms. The van der Waals surface area contributed by atoms with Crippen molar-refractivity contribution in [1.29, 1.82) is 0 Å². The molecule has 2 heterocycles. The number of hydrogen-bond acceptors (Lipinski definition) is 5. The van der Waals surface area contributed by atoms with Crippen molar-refractivity contribution in [2.45, 2.75) is 18.7 Å². The van der Waals surface area contributed by atoms with Crippen LogP contribution in [0, 0.1) is 0 Å². The van der Waals surface area contributed by atoms with Crippen molar-refractivity contribution in [3.63, 3.8) is 0 Å². The molecular weight excluding hydrogens is 197 g/mol. The summed E-state index contributed by atoms with van der Waals surface area (Å²) in [7, 11) is 0. The van der Waals surface area contributed by atoms with Crippen LogP contribution >= 0.6 is 0 Å². The van der Waals surface area contributed by atoms with Gasteiger partial charge in [0.05, 0.1) is 19.0 Å². The van der Waals surface area contributed by atoms with Gasteiger partial charge in [0.1, 0.15) is 11.8 Å². The summed E-state index contributed by atoms with van der Waals surface area (Å²) in [5.41, 5.74) is 0. The van der Waals surface area contributed by atoms with Crippen molar-refractivity contribution in [1.82, 2.24) is 4.90 Å². The fourth-order valence-corrected chi connectivity index (χ4v) is 1.65. The number of β-lactam (4-membered cyclic amide) rings is 1. The summed E-state index contributed by atoms with van der Waals surface area (Å²) in [4.78, 5) is 22.9. The smallest absolute Gasteiger partial charge is 0.547 e. The van der Waals surface area contributed by atoms with Gasteiger partial charge in [0.2, 0.25) is 5.91 Å². The first-order chi connectivity index (χ1) is 6.65. The molecule has 0 aliphatic carbocycles. The number of aliphatic hydroxyl groups is 1. The molecule has 1 amide bonds. The second-order valence-electron chi connectivity index (χ2n) is 3.09. The number of carbonyl (C=O) groups excluding carboxylic acids is 2. The Labute approximate surface area is 97.7 Å². The van der Waals surface area contributed by atoms with Crippen molar-refractivity contribution >= 4 is 11.9 Å².